The molecule has 1 unspecified atom stereocenters. The van der Waals surface area contributed by atoms with Gasteiger partial charge in [0, 0.05) is 24.5 Å². The molecule has 0 bridgehead atoms. The number of carbonyl (C=O) groups excluding carboxylic acids is 1. The Kier molecular flexibility index (Phi) is 5.93. The van der Waals surface area contributed by atoms with Crippen molar-refractivity contribution in [2.75, 3.05) is 26.9 Å². The lowest BCUT2D eigenvalue weighted by Gasteiger charge is -2.34. The Bertz CT molecular complexity index is 563. The van der Waals surface area contributed by atoms with Crippen molar-refractivity contribution in [1.82, 2.24) is 4.90 Å². The largest absolute Gasteiger partial charge is 0.480 e. The highest BCUT2D eigenvalue weighted by atomic mass is 79.9. The molecule has 1 aromatic carbocycles. The van der Waals surface area contributed by atoms with Crippen molar-refractivity contribution in [1.29, 1.82) is 0 Å². The number of ether oxygens (including phenoxy) is 2. The normalized spacial score (nSPS) is 17.2. The number of benzene rings is 1. The van der Waals surface area contributed by atoms with Gasteiger partial charge in [0.1, 0.15) is 12.6 Å². The summed E-state index contributed by atoms with van der Waals surface area (Å²) in [4.78, 5) is 25.1. The summed E-state index contributed by atoms with van der Waals surface area (Å²) in [5, 5.41) is 9.41. The summed E-state index contributed by atoms with van der Waals surface area (Å²) >= 11 is 3.44. The number of methoxy groups -OCH3 is 1. The standard InChI is InChI=1S/C15H18BrNO5/c1-21-5-6-22-9-14(18)17-8-10-3-2-4-12(16)11(10)7-13(17)15(19)20/h2-4,13H,5-9H2,1H3,(H,19,20). The van der Waals surface area contributed by atoms with Crippen molar-refractivity contribution < 1.29 is 24.2 Å². The first-order valence-electron chi connectivity index (χ1n) is 6.89. The number of rotatable bonds is 6. The number of aliphatic carboxylic acids is 1. The lowest BCUT2D eigenvalue weighted by Crippen LogP contribution is -2.50. The zero-order valence-electron chi connectivity index (χ0n) is 12.3. The molecule has 1 N–H and O–H groups in total. The van der Waals surface area contributed by atoms with Crippen molar-refractivity contribution in [2.24, 2.45) is 0 Å². The minimum absolute atomic E-state index is 0.142. The van der Waals surface area contributed by atoms with Crippen LogP contribution in [0.1, 0.15) is 11.1 Å². The number of carbonyl (C=O) groups is 2. The Labute approximate surface area is 137 Å². The third kappa shape index (κ3) is 3.85. The fourth-order valence-corrected chi connectivity index (χ4v) is 3.01. The zero-order valence-corrected chi connectivity index (χ0v) is 13.8. The predicted octanol–water partition coefficient (Wildman–Crippen LogP) is 1.45. The van der Waals surface area contributed by atoms with E-state index >= 15 is 0 Å². The summed E-state index contributed by atoms with van der Waals surface area (Å²) in [7, 11) is 1.55. The number of carboxylic acids is 1. The quantitative estimate of drug-likeness (QED) is 0.765. The molecule has 0 aliphatic carbocycles. The van der Waals surface area contributed by atoms with Gasteiger partial charge in [0.2, 0.25) is 5.91 Å². The van der Waals surface area contributed by atoms with E-state index in [1.165, 1.54) is 4.90 Å². The molecule has 0 saturated carbocycles. The van der Waals surface area contributed by atoms with E-state index in [1.807, 2.05) is 18.2 Å². The van der Waals surface area contributed by atoms with E-state index in [2.05, 4.69) is 15.9 Å². The summed E-state index contributed by atoms with van der Waals surface area (Å²) in [6.07, 6.45) is 0.288. The fourth-order valence-electron chi connectivity index (χ4n) is 2.44. The monoisotopic (exact) mass is 371 g/mol. The molecule has 1 heterocycles. The molecule has 0 aromatic heterocycles. The molecule has 7 heteroatoms. The summed E-state index contributed by atoms with van der Waals surface area (Å²) in [5.74, 6) is -1.33. The molecule has 0 spiro atoms. The molecule has 1 atom stereocenters. The molecule has 0 radical (unpaired) electrons. The summed E-state index contributed by atoms with van der Waals surface area (Å²) in [6, 6.07) is 4.79. The van der Waals surface area contributed by atoms with Crippen LogP contribution in [-0.4, -0.2) is 54.9 Å². The SMILES string of the molecule is COCCOCC(=O)N1Cc2cccc(Br)c2CC1C(=O)O. The van der Waals surface area contributed by atoms with Crippen molar-refractivity contribution in [3.8, 4) is 0 Å². The van der Waals surface area contributed by atoms with Crippen LogP contribution < -0.4 is 0 Å². The Morgan fingerprint density at radius 1 is 1.41 bits per heavy atom. The minimum Gasteiger partial charge on any atom is -0.480 e. The van der Waals surface area contributed by atoms with Crippen LogP contribution in [0.5, 0.6) is 0 Å². The lowest BCUT2D eigenvalue weighted by molar-refractivity contribution is -0.153. The highest BCUT2D eigenvalue weighted by Crippen LogP contribution is 2.29. The van der Waals surface area contributed by atoms with Crippen LogP contribution >= 0.6 is 15.9 Å². The van der Waals surface area contributed by atoms with E-state index < -0.39 is 12.0 Å². The van der Waals surface area contributed by atoms with Crippen molar-refractivity contribution in [3.63, 3.8) is 0 Å². The zero-order chi connectivity index (χ0) is 16.1. The number of fused-ring (bicyclic) bond motifs is 1. The van der Waals surface area contributed by atoms with Gasteiger partial charge in [-0.2, -0.15) is 0 Å². The number of carboxylic acid groups (broad SMARTS) is 1. The molecule has 0 saturated heterocycles. The second-order valence-corrected chi connectivity index (χ2v) is 5.86. The predicted molar refractivity (Wildman–Crippen MR) is 82.5 cm³/mol. The van der Waals surface area contributed by atoms with Crippen LogP contribution in [0.25, 0.3) is 0 Å². The average molecular weight is 372 g/mol. The van der Waals surface area contributed by atoms with E-state index in [0.29, 0.717) is 13.2 Å². The van der Waals surface area contributed by atoms with Crippen LogP contribution in [0.15, 0.2) is 22.7 Å². The van der Waals surface area contributed by atoms with Gasteiger partial charge in [-0.05, 0) is 17.2 Å². The number of amides is 1. The first kappa shape index (κ1) is 16.9. The van der Waals surface area contributed by atoms with Gasteiger partial charge in [-0.3, -0.25) is 4.79 Å². The molecule has 22 heavy (non-hydrogen) atoms. The van der Waals surface area contributed by atoms with Gasteiger partial charge < -0.3 is 19.5 Å². The summed E-state index contributed by atoms with van der Waals surface area (Å²) in [5.41, 5.74) is 1.90. The van der Waals surface area contributed by atoms with Crippen LogP contribution in [0.2, 0.25) is 0 Å². The van der Waals surface area contributed by atoms with Gasteiger partial charge in [-0.25, -0.2) is 4.79 Å². The van der Waals surface area contributed by atoms with Gasteiger partial charge in [0.25, 0.3) is 0 Å². The van der Waals surface area contributed by atoms with Crippen molar-refractivity contribution in [3.05, 3.63) is 33.8 Å². The van der Waals surface area contributed by atoms with Crippen molar-refractivity contribution in [2.45, 2.75) is 19.0 Å². The maximum atomic E-state index is 12.3. The van der Waals surface area contributed by atoms with Crippen LogP contribution in [0.4, 0.5) is 0 Å². The van der Waals surface area contributed by atoms with E-state index in [4.69, 9.17) is 9.47 Å². The maximum Gasteiger partial charge on any atom is 0.326 e. The molecule has 0 fully saturated rings. The molecular weight excluding hydrogens is 354 g/mol. The maximum absolute atomic E-state index is 12.3. The molecule has 6 nitrogen and oxygen atoms in total. The molecule has 1 aromatic rings. The second kappa shape index (κ2) is 7.71. The smallest absolute Gasteiger partial charge is 0.326 e. The van der Waals surface area contributed by atoms with E-state index in [-0.39, 0.29) is 25.5 Å². The Hall–Kier alpha value is -1.44. The first-order valence-corrected chi connectivity index (χ1v) is 7.69. The van der Waals surface area contributed by atoms with E-state index in [9.17, 15) is 14.7 Å². The molecule has 2 rings (SSSR count). The van der Waals surface area contributed by atoms with Crippen molar-refractivity contribution >= 4 is 27.8 Å². The van der Waals surface area contributed by atoms with Gasteiger partial charge in [-0.1, -0.05) is 28.1 Å². The summed E-state index contributed by atoms with van der Waals surface area (Å²) in [6.45, 7) is 0.829. The second-order valence-electron chi connectivity index (χ2n) is 5.00. The molecule has 120 valence electrons. The Balaban J connectivity index is 2.12. The number of nitrogens with zero attached hydrogens (tertiary/aromatic N) is 1. The number of hydrogen-bond donors (Lipinski definition) is 1. The topological polar surface area (TPSA) is 76.1 Å². The molecule has 1 aliphatic heterocycles. The highest BCUT2D eigenvalue weighted by Gasteiger charge is 2.35. The highest BCUT2D eigenvalue weighted by molar-refractivity contribution is 9.10. The molecule has 1 aliphatic rings. The van der Waals surface area contributed by atoms with Crippen LogP contribution in [-0.2, 0) is 32.0 Å². The molecule has 1 amide bonds. The third-order valence-corrected chi connectivity index (χ3v) is 4.34. The lowest BCUT2D eigenvalue weighted by atomic mass is 9.94. The Morgan fingerprint density at radius 2 is 2.18 bits per heavy atom. The van der Waals surface area contributed by atoms with Gasteiger partial charge in [-0.15, -0.1) is 0 Å². The first-order chi connectivity index (χ1) is 10.5. The van der Waals surface area contributed by atoms with Crippen LogP contribution in [0.3, 0.4) is 0 Å². The van der Waals surface area contributed by atoms with Gasteiger partial charge in [0.05, 0.1) is 13.2 Å². The van der Waals surface area contributed by atoms with Gasteiger partial charge >= 0.3 is 5.97 Å². The van der Waals surface area contributed by atoms with Gasteiger partial charge in [0.15, 0.2) is 0 Å². The Morgan fingerprint density at radius 3 is 2.86 bits per heavy atom. The fraction of sp³-hybridized carbons (Fsp3) is 0.467. The summed E-state index contributed by atoms with van der Waals surface area (Å²) < 4.78 is 10.9. The third-order valence-electron chi connectivity index (χ3n) is 3.59. The van der Waals surface area contributed by atoms with E-state index in [1.54, 1.807) is 7.11 Å². The number of hydrogen-bond acceptors (Lipinski definition) is 4. The number of halogens is 1. The molecular formula is C15H18BrNO5. The van der Waals surface area contributed by atoms with E-state index in [0.717, 1.165) is 15.6 Å². The average Bonchev–Trinajstić information content (AvgIpc) is 2.50. The van der Waals surface area contributed by atoms with Crippen LogP contribution in [0, 0.1) is 0 Å². The minimum atomic E-state index is -1.01.